The van der Waals surface area contributed by atoms with Crippen LogP contribution in [0.3, 0.4) is 0 Å². The molecule has 102 valence electrons. The molecule has 0 amide bonds. The van der Waals surface area contributed by atoms with E-state index in [0.29, 0.717) is 31.2 Å². The van der Waals surface area contributed by atoms with Crippen LogP contribution < -0.4 is 4.74 Å². The molecule has 1 aromatic rings. The Morgan fingerprint density at radius 3 is 2.78 bits per heavy atom. The SMILES string of the molecule is COc1cccc(CN(C)CCOCCCl)c1F. The van der Waals surface area contributed by atoms with Crippen molar-refractivity contribution < 1.29 is 13.9 Å². The van der Waals surface area contributed by atoms with Crippen LogP contribution >= 0.6 is 11.6 Å². The lowest BCUT2D eigenvalue weighted by Crippen LogP contribution is -2.23. The summed E-state index contributed by atoms with van der Waals surface area (Å²) in [6.45, 7) is 2.39. The second-order valence-electron chi connectivity index (χ2n) is 3.97. The van der Waals surface area contributed by atoms with Crippen LogP contribution in [0.1, 0.15) is 5.56 Å². The number of alkyl halides is 1. The lowest BCUT2D eigenvalue weighted by molar-refractivity contribution is 0.121. The van der Waals surface area contributed by atoms with Crippen molar-refractivity contribution in [1.29, 1.82) is 0 Å². The summed E-state index contributed by atoms with van der Waals surface area (Å²) in [6.07, 6.45) is 0. The number of hydrogen-bond donors (Lipinski definition) is 0. The molecule has 0 saturated carbocycles. The number of methoxy groups -OCH3 is 1. The van der Waals surface area contributed by atoms with Crippen molar-refractivity contribution >= 4 is 11.6 Å². The van der Waals surface area contributed by atoms with E-state index in [1.165, 1.54) is 7.11 Å². The Hall–Kier alpha value is -0.840. The monoisotopic (exact) mass is 275 g/mol. The van der Waals surface area contributed by atoms with Crippen LogP contribution in [0, 0.1) is 5.82 Å². The van der Waals surface area contributed by atoms with Gasteiger partial charge in [-0.05, 0) is 13.1 Å². The van der Waals surface area contributed by atoms with Crippen molar-refractivity contribution in [2.75, 3.05) is 39.8 Å². The largest absolute Gasteiger partial charge is 0.494 e. The predicted octanol–water partition coefficient (Wildman–Crippen LogP) is 2.52. The number of hydrogen-bond acceptors (Lipinski definition) is 3. The van der Waals surface area contributed by atoms with Crippen molar-refractivity contribution in [2.24, 2.45) is 0 Å². The third-order valence-electron chi connectivity index (χ3n) is 2.54. The van der Waals surface area contributed by atoms with Gasteiger partial charge in [-0.15, -0.1) is 11.6 Å². The molecule has 3 nitrogen and oxygen atoms in total. The summed E-state index contributed by atoms with van der Waals surface area (Å²) in [6, 6.07) is 5.16. The molecular weight excluding hydrogens is 257 g/mol. The topological polar surface area (TPSA) is 21.7 Å². The van der Waals surface area contributed by atoms with Crippen LogP contribution in [0.2, 0.25) is 0 Å². The summed E-state index contributed by atoms with van der Waals surface area (Å²) in [5.74, 6) is 0.474. The summed E-state index contributed by atoms with van der Waals surface area (Å²) < 4.78 is 24.1. The second kappa shape index (κ2) is 8.29. The second-order valence-corrected chi connectivity index (χ2v) is 4.35. The molecule has 5 heteroatoms. The number of nitrogens with zero attached hydrogens (tertiary/aromatic N) is 1. The zero-order valence-electron chi connectivity index (χ0n) is 10.8. The van der Waals surface area contributed by atoms with E-state index in [2.05, 4.69) is 0 Å². The van der Waals surface area contributed by atoms with Crippen molar-refractivity contribution in [2.45, 2.75) is 6.54 Å². The molecule has 1 aromatic carbocycles. The van der Waals surface area contributed by atoms with E-state index < -0.39 is 0 Å². The average molecular weight is 276 g/mol. The van der Waals surface area contributed by atoms with Crippen LogP contribution in [0.15, 0.2) is 18.2 Å². The van der Waals surface area contributed by atoms with Crippen molar-refractivity contribution in [1.82, 2.24) is 4.90 Å². The van der Waals surface area contributed by atoms with E-state index in [1.54, 1.807) is 18.2 Å². The minimum absolute atomic E-state index is 0.277. The van der Waals surface area contributed by atoms with Gasteiger partial charge in [0.15, 0.2) is 11.6 Å². The summed E-state index contributed by atoms with van der Waals surface area (Å²) in [4.78, 5) is 1.99. The molecule has 0 bridgehead atoms. The fraction of sp³-hybridized carbons (Fsp3) is 0.538. The summed E-state index contributed by atoms with van der Waals surface area (Å²) in [7, 11) is 3.38. The molecule has 0 aliphatic heterocycles. The number of halogens is 2. The molecule has 0 fully saturated rings. The van der Waals surface area contributed by atoms with E-state index in [0.717, 1.165) is 6.54 Å². The molecule has 0 aliphatic rings. The minimum Gasteiger partial charge on any atom is -0.494 e. The fourth-order valence-corrected chi connectivity index (χ4v) is 1.69. The standard InChI is InChI=1S/C13H19ClFNO2/c1-16(7-9-18-8-6-14)10-11-4-3-5-12(17-2)13(11)15/h3-5H,6-10H2,1-2H3. The summed E-state index contributed by atoms with van der Waals surface area (Å²) in [5, 5.41) is 0. The first-order valence-electron chi connectivity index (χ1n) is 5.82. The minimum atomic E-state index is -0.298. The molecule has 0 heterocycles. The van der Waals surface area contributed by atoms with E-state index in [9.17, 15) is 4.39 Å². The van der Waals surface area contributed by atoms with E-state index in [1.807, 2.05) is 11.9 Å². The number of ether oxygens (including phenoxy) is 2. The number of likely N-dealkylation sites (N-methyl/N-ethyl adjacent to an activating group) is 1. The Bertz CT molecular complexity index is 363. The smallest absolute Gasteiger partial charge is 0.169 e. The first-order valence-corrected chi connectivity index (χ1v) is 6.36. The van der Waals surface area contributed by atoms with Crippen molar-refractivity contribution in [3.63, 3.8) is 0 Å². The van der Waals surface area contributed by atoms with Crippen LogP contribution in [0.4, 0.5) is 4.39 Å². The highest BCUT2D eigenvalue weighted by atomic mass is 35.5. The zero-order valence-corrected chi connectivity index (χ0v) is 11.5. The summed E-state index contributed by atoms with van der Waals surface area (Å²) in [5.41, 5.74) is 0.620. The maximum Gasteiger partial charge on any atom is 0.169 e. The molecule has 0 spiro atoms. The Morgan fingerprint density at radius 1 is 1.33 bits per heavy atom. The first-order chi connectivity index (χ1) is 8.69. The molecule has 0 aromatic heterocycles. The lowest BCUT2D eigenvalue weighted by Gasteiger charge is -2.17. The van der Waals surface area contributed by atoms with Gasteiger partial charge in [0.2, 0.25) is 0 Å². The zero-order chi connectivity index (χ0) is 13.4. The Balaban J connectivity index is 2.46. The maximum absolute atomic E-state index is 13.9. The molecule has 1 rings (SSSR count). The molecule has 0 unspecified atom stereocenters. The van der Waals surface area contributed by atoms with Gasteiger partial charge in [-0.2, -0.15) is 0 Å². The highest BCUT2D eigenvalue weighted by molar-refractivity contribution is 6.17. The molecule has 0 radical (unpaired) electrons. The Kier molecular flexibility index (Phi) is 7.01. The maximum atomic E-state index is 13.9. The number of benzene rings is 1. The van der Waals surface area contributed by atoms with E-state index >= 15 is 0 Å². The van der Waals surface area contributed by atoms with Crippen LogP contribution in [-0.4, -0.2) is 44.7 Å². The van der Waals surface area contributed by atoms with Crippen molar-refractivity contribution in [3.05, 3.63) is 29.6 Å². The third kappa shape index (κ3) is 4.80. The fourth-order valence-electron chi connectivity index (χ4n) is 1.58. The van der Waals surface area contributed by atoms with Gasteiger partial charge in [0.05, 0.1) is 20.3 Å². The molecule has 0 N–H and O–H groups in total. The highest BCUT2D eigenvalue weighted by Crippen LogP contribution is 2.20. The van der Waals surface area contributed by atoms with Crippen LogP contribution in [0.5, 0.6) is 5.75 Å². The first kappa shape index (κ1) is 15.2. The van der Waals surface area contributed by atoms with Crippen LogP contribution in [-0.2, 0) is 11.3 Å². The van der Waals surface area contributed by atoms with Gasteiger partial charge in [-0.3, -0.25) is 4.90 Å². The summed E-state index contributed by atoms with van der Waals surface area (Å²) >= 11 is 5.50. The van der Waals surface area contributed by atoms with Gasteiger partial charge in [0.25, 0.3) is 0 Å². The number of rotatable bonds is 8. The van der Waals surface area contributed by atoms with E-state index in [-0.39, 0.29) is 11.6 Å². The van der Waals surface area contributed by atoms with Gasteiger partial charge in [-0.1, -0.05) is 12.1 Å². The van der Waals surface area contributed by atoms with Gasteiger partial charge >= 0.3 is 0 Å². The van der Waals surface area contributed by atoms with E-state index in [4.69, 9.17) is 21.1 Å². The van der Waals surface area contributed by atoms with Gasteiger partial charge in [0, 0.05) is 24.5 Å². The average Bonchev–Trinajstić information content (AvgIpc) is 2.37. The highest BCUT2D eigenvalue weighted by Gasteiger charge is 2.10. The quantitative estimate of drug-likeness (QED) is 0.538. The van der Waals surface area contributed by atoms with Gasteiger partial charge < -0.3 is 9.47 Å². The molecule has 0 saturated heterocycles. The Labute approximate surface area is 112 Å². The Morgan fingerprint density at radius 2 is 2.11 bits per heavy atom. The third-order valence-corrected chi connectivity index (χ3v) is 2.70. The predicted molar refractivity (Wildman–Crippen MR) is 70.8 cm³/mol. The molecule has 18 heavy (non-hydrogen) atoms. The van der Waals surface area contributed by atoms with Gasteiger partial charge in [-0.25, -0.2) is 4.39 Å². The van der Waals surface area contributed by atoms with Gasteiger partial charge in [0.1, 0.15) is 0 Å². The molecule has 0 atom stereocenters. The molecular formula is C13H19ClFNO2. The van der Waals surface area contributed by atoms with Crippen LogP contribution in [0.25, 0.3) is 0 Å². The normalized spacial score (nSPS) is 10.9. The molecule has 0 aliphatic carbocycles. The van der Waals surface area contributed by atoms with Crippen molar-refractivity contribution in [3.8, 4) is 5.75 Å². The lowest BCUT2D eigenvalue weighted by atomic mass is 10.2.